The number of nitrogens with one attached hydrogen (secondary N) is 2. The van der Waals surface area contributed by atoms with E-state index >= 15 is 0 Å². The van der Waals surface area contributed by atoms with Crippen molar-refractivity contribution in [2.75, 3.05) is 22.1 Å². The molecule has 2 N–H and O–H groups in total. The lowest BCUT2D eigenvalue weighted by molar-refractivity contribution is -0.114. The Labute approximate surface area is 204 Å². The predicted octanol–water partition coefficient (Wildman–Crippen LogP) is 4.00. The lowest BCUT2D eigenvalue weighted by atomic mass is 10.2. The van der Waals surface area contributed by atoms with Crippen LogP contribution in [-0.2, 0) is 16.6 Å². The number of hydrogen-bond donors (Lipinski definition) is 2. The first-order valence-electron chi connectivity index (χ1n) is 10.4. The van der Waals surface area contributed by atoms with Crippen LogP contribution in [0.1, 0.15) is 5.69 Å². The summed E-state index contributed by atoms with van der Waals surface area (Å²) in [6.07, 6.45) is 1.64. The highest BCUT2D eigenvalue weighted by Gasteiger charge is 2.18. The number of para-hydroxylation sites is 1. The third-order valence-electron chi connectivity index (χ3n) is 5.23. The van der Waals surface area contributed by atoms with Gasteiger partial charge in [0.1, 0.15) is 5.69 Å². The van der Waals surface area contributed by atoms with Gasteiger partial charge >= 0.3 is 0 Å². The fourth-order valence-corrected chi connectivity index (χ4v) is 4.41. The minimum absolute atomic E-state index is 0.0150. The quantitative estimate of drug-likeness (QED) is 0.404. The molecule has 0 aliphatic carbocycles. The number of aromatic nitrogens is 3. The van der Waals surface area contributed by atoms with Crippen molar-refractivity contribution in [2.45, 2.75) is 6.92 Å². The Morgan fingerprint density at radius 1 is 1.03 bits per heavy atom. The Morgan fingerprint density at radius 3 is 2.47 bits per heavy atom. The summed E-state index contributed by atoms with van der Waals surface area (Å²) in [5.74, 6) is -0.579. The van der Waals surface area contributed by atoms with Crippen LogP contribution in [0.15, 0.2) is 65.6 Å². The van der Waals surface area contributed by atoms with E-state index in [4.69, 9.17) is 11.6 Å². The van der Waals surface area contributed by atoms with Crippen molar-refractivity contribution in [2.24, 2.45) is 7.05 Å². The number of thioether (sulfide) groups is 1. The fourth-order valence-electron chi connectivity index (χ4n) is 3.56. The molecule has 0 saturated heterocycles. The summed E-state index contributed by atoms with van der Waals surface area (Å²) < 4.78 is 3.19. The fraction of sp³-hybridized carbons (Fsp3) is 0.167. The number of fused-ring (bicyclic) bond motifs is 1. The summed E-state index contributed by atoms with van der Waals surface area (Å²) in [6, 6.07) is 16.3. The van der Waals surface area contributed by atoms with Crippen LogP contribution in [0.5, 0.6) is 0 Å². The van der Waals surface area contributed by atoms with Crippen molar-refractivity contribution in [1.29, 1.82) is 0 Å². The zero-order valence-corrected chi connectivity index (χ0v) is 20.1. The molecule has 0 radical (unpaired) electrons. The Morgan fingerprint density at radius 2 is 1.74 bits per heavy atom. The van der Waals surface area contributed by atoms with Crippen LogP contribution >= 0.6 is 23.4 Å². The van der Waals surface area contributed by atoms with E-state index in [1.54, 1.807) is 43.0 Å². The van der Waals surface area contributed by atoms with Gasteiger partial charge in [-0.1, -0.05) is 35.9 Å². The first kappa shape index (κ1) is 23.6. The van der Waals surface area contributed by atoms with Crippen LogP contribution in [0.4, 0.5) is 11.4 Å². The van der Waals surface area contributed by atoms with E-state index in [2.05, 4.69) is 15.6 Å². The average molecular weight is 496 g/mol. The molecular formula is C24H22ClN5O3S. The van der Waals surface area contributed by atoms with E-state index in [0.29, 0.717) is 27.6 Å². The first-order chi connectivity index (χ1) is 16.3. The number of carbonyl (C=O) groups is 2. The van der Waals surface area contributed by atoms with Gasteiger partial charge in [0, 0.05) is 23.7 Å². The maximum Gasteiger partial charge on any atom is 0.295 e. The van der Waals surface area contributed by atoms with Gasteiger partial charge in [0.25, 0.3) is 5.56 Å². The number of anilines is 2. The molecule has 174 valence electrons. The van der Waals surface area contributed by atoms with Gasteiger partial charge in [-0.25, -0.2) is 4.68 Å². The Bertz CT molecular complexity index is 1430. The monoisotopic (exact) mass is 495 g/mol. The molecule has 2 heterocycles. The first-order valence-corrected chi connectivity index (χ1v) is 11.9. The summed E-state index contributed by atoms with van der Waals surface area (Å²) in [7, 11) is 1.76. The molecular weight excluding hydrogens is 474 g/mol. The predicted molar refractivity (Wildman–Crippen MR) is 137 cm³/mol. The standard InChI is InChI=1S/C24H22ClN5O3S/c1-15-22(24(33)30(29(15)2)18-8-4-3-5-9-18)28-21(32)14-34-13-20(31)27-19-12-17(25)11-16-7-6-10-26-23(16)19/h3-12H,13-14H2,1-2H3,(H,27,31)(H,28,32). The zero-order chi connectivity index (χ0) is 24.2. The molecule has 8 nitrogen and oxygen atoms in total. The van der Waals surface area contributed by atoms with Crippen LogP contribution < -0.4 is 16.2 Å². The Kier molecular flexibility index (Phi) is 7.04. The average Bonchev–Trinajstić information content (AvgIpc) is 3.02. The van der Waals surface area contributed by atoms with Crippen molar-refractivity contribution in [1.82, 2.24) is 14.3 Å². The number of carbonyl (C=O) groups excluding carboxylic acids is 2. The molecule has 0 bridgehead atoms. The summed E-state index contributed by atoms with van der Waals surface area (Å²) in [4.78, 5) is 42.1. The van der Waals surface area contributed by atoms with Crippen molar-refractivity contribution in [3.63, 3.8) is 0 Å². The molecule has 4 rings (SSSR count). The maximum absolute atomic E-state index is 12.9. The largest absolute Gasteiger partial charge is 0.323 e. The van der Waals surface area contributed by atoms with E-state index in [1.807, 2.05) is 36.4 Å². The minimum Gasteiger partial charge on any atom is -0.323 e. The van der Waals surface area contributed by atoms with Gasteiger partial charge in [-0.3, -0.25) is 24.0 Å². The summed E-state index contributed by atoms with van der Waals surface area (Å²) in [5.41, 5.74) is 2.38. The van der Waals surface area contributed by atoms with Crippen LogP contribution in [0.25, 0.3) is 16.6 Å². The van der Waals surface area contributed by atoms with Crippen LogP contribution in [0.3, 0.4) is 0 Å². The van der Waals surface area contributed by atoms with Crippen molar-refractivity contribution in [3.8, 4) is 5.69 Å². The second kappa shape index (κ2) is 10.1. The highest BCUT2D eigenvalue weighted by Crippen LogP contribution is 2.26. The van der Waals surface area contributed by atoms with Crippen molar-refractivity contribution in [3.05, 3.63) is 81.9 Å². The van der Waals surface area contributed by atoms with Gasteiger partial charge in [-0.05, 0) is 37.3 Å². The van der Waals surface area contributed by atoms with E-state index in [-0.39, 0.29) is 34.6 Å². The second-order valence-electron chi connectivity index (χ2n) is 7.55. The van der Waals surface area contributed by atoms with Crippen LogP contribution in [0, 0.1) is 6.92 Å². The lowest BCUT2D eigenvalue weighted by Gasteiger charge is -2.09. The van der Waals surface area contributed by atoms with Crippen LogP contribution in [0.2, 0.25) is 5.02 Å². The molecule has 2 amide bonds. The third-order valence-corrected chi connectivity index (χ3v) is 6.38. The van der Waals surface area contributed by atoms with E-state index in [0.717, 1.165) is 17.1 Å². The van der Waals surface area contributed by atoms with E-state index in [9.17, 15) is 14.4 Å². The van der Waals surface area contributed by atoms with Gasteiger partial charge in [-0.15, -0.1) is 11.8 Å². The second-order valence-corrected chi connectivity index (χ2v) is 8.98. The van der Waals surface area contributed by atoms with Gasteiger partial charge < -0.3 is 10.6 Å². The maximum atomic E-state index is 12.9. The Balaban J connectivity index is 1.37. The molecule has 0 aliphatic rings. The third kappa shape index (κ3) is 5.00. The van der Waals surface area contributed by atoms with E-state index < -0.39 is 0 Å². The van der Waals surface area contributed by atoms with Gasteiger partial charge in [-0.2, -0.15) is 0 Å². The number of amides is 2. The molecule has 0 spiro atoms. The number of rotatable bonds is 7. The molecule has 0 aliphatic heterocycles. The lowest BCUT2D eigenvalue weighted by Crippen LogP contribution is -2.24. The van der Waals surface area contributed by atoms with E-state index in [1.165, 1.54) is 4.68 Å². The number of benzene rings is 2. The minimum atomic E-state index is -0.362. The number of halogens is 1. The molecule has 34 heavy (non-hydrogen) atoms. The molecule has 2 aromatic heterocycles. The Hall–Kier alpha value is -3.56. The number of hydrogen-bond acceptors (Lipinski definition) is 5. The topological polar surface area (TPSA) is 98.0 Å². The molecule has 0 fully saturated rings. The highest BCUT2D eigenvalue weighted by atomic mass is 35.5. The summed E-state index contributed by atoms with van der Waals surface area (Å²) in [5, 5.41) is 6.80. The number of pyridine rings is 1. The molecule has 4 aromatic rings. The highest BCUT2D eigenvalue weighted by molar-refractivity contribution is 8.00. The molecule has 0 atom stereocenters. The summed E-state index contributed by atoms with van der Waals surface area (Å²) in [6.45, 7) is 1.76. The van der Waals surface area contributed by atoms with Crippen molar-refractivity contribution >= 4 is 57.5 Å². The van der Waals surface area contributed by atoms with Gasteiger partial charge in [0.2, 0.25) is 11.8 Å². The molecule has 10 heteroatoms. The zero-order valence-electron chi connectivity index (χ0n) is 18.5. The van der Waals surface area contributed by atoms with Crippen molar-refractivity contribution < 1.29 is 9.59 Å². The normalized spacial score (nSPS) is 10.9. The van der Waals surface area contributed by atoms with Crippen LogP contribution in [-0.4, -0.2) is 37.7 Å². The SMILES string of the molecule is Cc1c(NC(=O)CSCC(=O)Nc2cc(Cl)cc3cccnc23)c(=O)n(-c2ccccc2)n1C. The molecule has 0 unspecified atom stereocenters. The molecule has 2 aromatic carbocycles. The number of nitrogens with zero attached hydrogens (tertiary/aromatic N) is 3. The van der Waals surface area contributed by atoms with Gasteiger partial charge in [0.05, 0.1) is 34.1 Å². The molecule has 0 saturated carbocycles. The van der Waals surface area contributed by atoms with Gasteiger partial charge in [0.15, 0.2) is 0 Å². The smallest absolute Gasteiger partial charge is 0.295 e. The summed E-state index contributed by atoms with van der Waals surface area (Å²) >= 11 is 7.28.